The molecule has 5 heteroatoms. The first-order valence-corrected chi connectivity index (χ1v) is 7.52. The highest BCUT2D eigenvalue weighted by atomic mass is 79.9. The van der Waals surface area contributed by atoms with E-state index in [1.54, 1.807) is 6.07 Å². The summed E-state index contributed by atoms with van der Waals surface area (Å²) in [6.07, 6.45) is 0. The molecule has 0 fully saturated rings. The summed E-state index contributed by atoms with van der Waals surface area (Å²) in [4.78, 5) is 21.3. The van der Waals surface area contributed by atoms with Crippen molar-refractivity contribution in [2.45, 2.75) is 0 Å². The Hall–Kier alpha value is -2.53. The molecule has 1 heterocycles. The maximum Gasteiger partial charge on any atom is 0.221 e. The van der Waals surface area contributed by atoms with Crippen molar-refractivity contribution < 1.29 is 4.79 Å². The second-order valence-electron chi connectivity index (χ2n) is 5.04. The number of rotatable bonds is 1. The number of anilines is 1. The van der Waals surface area contributed by atoms with E-state index in [0.717, 1.165) is 15.6 Å². The standard InChI is InChI=1S/C17H10BrN3O/c18-10-7-5-9(6-8-10)14-13-15(21-17(19)20-14)11-3-1-2-4-12(11)16(13)22/h1-8H,(H2,19,20,21). The van der Waals surface area contributed by atoms with Gasteiger partial charge in [-0.25, -0.2) is 9.97 Å². The summed E-state index contributed by atoms with van der Waals surface area (Å²) in [6, 6.07) is 15.1. The molecule has 2 aromatic carbocycles. The van der Waals surface area contributed by atoms with Gasteiger partial charge >= 0.3 is 0 Å². The first-order valence-electron chi connectivity index (χ1n) is 6.72. The van der Waals surface area contributed by atoms with Crippen LogP contribution in [-0.2, 0) is 0 Å². The SMILES string of the molecule is Nc1nc(-c2ccc(Br)cc2)c2c(n1)-c1ccccc1C2=O. The van der Waals surface area contributed by atoms with Crippen molar-refractivity contribution in [3.8, 4) is 22.5 Å². The number of hydrogen-bond acceptors (Lipinski definition) is 4. The van der Waals surface area contributed by atoms with E-state index >= 15 is 0 Å². The summed E-state index contributed by atoms with van der Waals surface area (Å²) in [5, 5.41) is 0. The number of hydrogen-bond donors (Lipinski definition) is 1. The monoisotopic (exact) mass is 351 g/mol. The van der Waals surface area contributed by atoms with Crippen LogP contribution in [0.2, 0.25) is 0 Å². The van der Waals surface area contributed by atoms with Gasteiger partial charge in [0.2, 0.25) is 5.95 Å². The van der Waals surface area contributed by atoms with Gasteiger partial charge in [-0.3, -0.25) is 4.79 Å². The van der Waals surface area contributed by atoms with E-state index in [-0.39, 0.29) is 11.7 Å². The minimum absolute atomic E-state index is 0.0523. The van der Waals surface area contributed by atoms with E-state index in [2.05, 4.69) is 25.9 Å². The molecule has 0 radical (unpaired) electrons. The maximum absolute atomic E-state index is 12.7. The first kappa shape index (κ1) is 13.2. The number of nitrogens with zero attached hydrogens (tertiary/aromatic N) is 2. The fraction of sp³-hybridized carbons (Fsp3) is 0. The van der Waals surface area contributed by atoms with Crippen LogP contribution in [-0.4, -0.2) is 15.8 Å². The zero-order chi connectivity index (χ0) is 15.3. The van der Waals surface area contributed by atoms with Crippen molar-refractivity contribution in [3.63, 3.8) is 0 Å². The van der Waals surface area contributed by atoms with Gasteiger partial charge in [-0.2, -0.15) is 0 Å². The van der Waals surface area contributed by atoms with E-state index < -0.39 is 0 Å². The van der Waals surface area contributed by atoms with Crippen molar-refractivity contribution >= 4 is 27.7 Å². The van der Waals surface area contributed by atoms with Crippen LogP contribution in [0.5, 0.6) is 0 Å². The van der Waals surface area contributed by atoms with Gasteiger partial charge in [-0.05, 0) is 12.1 Å². The number of carbonyl (C=O) groups excluding carboxylic acids is 1. The summed E-state index contributed by atoms with van der Waals surface area (Å²) in [5.41, 5.74) is 9.89. The third-order valence-corrected chi connectivity index (χ3v) is 4.23. The van der Waals surface area contributed by atoms with Gasteiger partial charge in [0.05, 0.1) is 17.0 Å². The first-order chi connectivity index (χ1) is 10.6. The smallest absolute Gasteiger partial charge is 0.221 e. The molecule has 0 spiro atoms. The van der Waals surface area contributed by atoms with Gasteiger partial charge in [0.15, 0.2) is 5.78 Å². The van der Waals surface area contributed by atoms with Gasteiger partial charge in [-0.15, -0.1) is 0 Å². The molecule has 106 valence electrons. The number of halogens is 1. The van der Waals surface area contributed by atoms with Gasteiger partial charge in [0.1, 0.15) is 0 Å². The molecule has 0 bridgehead atoms. The van der Waals surface area contributed by atoms with Crippen LogP contribution in [0.25, 0.3) is 22.5 Å². The normalized spacial score (nSPS) is 12.1. The minimum atomic E-state index is -0.0523. The number of ketones is 1. The number of aromatic nitrogens is 2. The lowest BCUT2D eigenvalue weighted by molar-refractivity contribution is 0.104. The van der Waals surface area contributed by atoms with Crippen molar-refractivity contribution in [2.75, 3.05) is 5.73 Å². The second-order valence-corrected chi connectivity index (χ2v) is 5.95. The Morgan fingerprint density at radius 2 is 1.50 bits per heavy atom. The molecule has 0 amide bonds. The number of benzene rings is 2. The fourth-order valence-electron chi connectivity index (χ4n) is 2.73. The predicted octanol–water partition coefficient (Wildman–Crippen LogP) is 3.70. The lowest BCUT2D eigenvalue weighted by Crippen LogP contribution is -2.05. The quantitative estimate of drug-likeness (QED) is 0.567. The van der Waals surface area contributed by atoms with Gasteiger partial charge in [0, 0.05) is 21.2 Å². The van der Waals surface area contributed by atoms with Crippen molar-refractivity contribution in [1.82, 2.24) is 9.97 Å². The zero-order valence-electron chi connectivity index (χ0n) is 11.4. The average molecular weight is 352 g/mol. The Morgan fingerprint density at radius 1 is 0.864 bits per heavy atom. The molecule has 2 N–H and O–H groups in total. The Morgan fingerprint density at radius 3 is 2.23 bits per heavy atom. The van der Waals surface area contributed by atoms with Gasteiger partial charge in [0.25, 0.3) is 0 Å². The number of nitrogens with two attached hydrogens (primary N) is 1. The van der Waals surface area contributed by atoms with Crippen molar-refractivity contribution in [1.29, 1.82) is 0 Å². The molecule has 1 aliphatic carbocycles. The highest BCUT2D eigenvalue weighted by Gasteiger charge is 2.32. The molecule has 4 rings (SSSR count). The van der Waals surface area contributed by atoms with Crippen LogP contribution < -0.4 is 5.73 Å². The van der Waals surface area contributed by atoms with Crippen molar-refractivity contribution in [2.24, 2.45) is 0 Å². The third-order valence-electron chi connectivity index (χ3n) is 3.70. The third kappa shape index (κ3) is 1.86. The molecule has 22 heavy (non-hydrogen) atoms. The van der Waals surface area contributed by atoms with Crippen LogP contribution in [0.4, 0.5) is 5.95 Å². The largest absolute Gasteiger partial charge is 0.368 e. The number of carbonyl (C=O) groups is 1. The molecular weight excluding hydrogens is 342 g/mol. The summed E-state index contributed by atoms with van der Waals surface area (Å²) in [7, 11) is 0. The Bertz CT molecular complexity index is 920. The zero-order valence-corrected chi connectivity index (χ0v) is 13.0. The molecule has 1 aliphatic rings. The summed E-state index contributed by atoms with van der Waals surface area (Å²) in [5.74, 6) is 0.115. The molecule has 0 atom stereocenters. The lowest BCUT2D eigenvalue weighted by atomic mass is 10.0. The predicted molar refractivity (Wildman–Crippen MR) is 88.4 cm³/mol. The molecule has 0 saturated carbocycles. The number of fused-ring (bicyclic) bond motifs is 3. The molecule has 1 aromatic heterocycles. The van der Waals surface area contributed by atoms with Crippen molar-refractivity contribution in [3.05, 3.63) is 64.1 Å². The van der Waals surface area contributed by atoms with Crippen LogP contribution >= 0.6 is 15.9 Å². The molecule has 0 aliphatic heterocycles. The van der Waals surface area contributed by atoms with E-state index in [9.17, 15) is 4.79 Å². The lowest BCUT2D eigenvalue weighted by Gasteiger charge is -2.08. The summed E-state index contributed by atoms with van der Waals surface area (Å²) in [6.45, 7) is 0. The molecule has 3 aromatic rings. The van der Waals surface area contributed by atoms with Crippen LogP contribution in [0.15, 0.2) is 53.0 Å². The van der Waals surface area contributed by atoms with E-state index in [1.807, 2.05) is 42.5 Å². The molecule has 4 nitrogen and oxygen atoms in total. The number of nitrogen functional groups attached to an aromatic ring is 1. The second kappa shape index (κ2) is 4.74. The van der Waals surface area contributed by atoms with Crippen LogP contribution in [0, 0.1) is 0 Å². The van der Waals surface area contributed by atoms with Gasteiger partial charge in [-0.1, -0.05) is 52.3 Å². The maximum atomic E-state index is 12.7. The summed E-state index contributed by atoms with van der Waals surface area (Å²) >= 11 is 3.41. The minimum Gasteiger partial charge on any atom is -0.368 e. The van der Waals surface area contributed by atoms with E-state index in [0.29, 0.717) is 22.5 Å². The molecule has 0 unspecified atom stereocenters. The molecule has 0 saturated heterocycles. The van der Waals surface area contributed by atoms with Gasteiger partial charge < -0.3 is 5.73 Å². The van der Waals surface area contributed by atoms with Crippen LogP contribution in [0.3, 0.4) is 0 Å². The Labute approximate surface area is 135 Å². The highest BCUT2D eigenvalue weighted by molar-refractivity contribution is 9.10. The van der Waals surface area contributed by atoms with Crippen LogP contribution in [0.1, 0.15) is 15.9 Å². The average Bonchev–Trinajstić information content (AvgIpc) is 2.81. The Balaban J connectivity index is 2.03. The van der Waals surface area contributed by atoms with E-state index in [4.69, 9.17) is 5.73 Å². The topological polar surface area (TPSA) is 68.9 Å². The van der Waals surface area contributed by atoms with E-state index in [1.165, 1.54) is 0 Å². The Kier molecular flexibility index (Phi) is 2.84. The fourth-order valence-corrected chi connectivity index (χ4v) is 2.99. The highest BCUT2D eigenvalue weighted by Crippen LogP contribution is 2.39. The molecular formula is C17H10BrN3O. The summed E-state index contributed by atoms with van der Waals surface area (Å²) < 4.78 is 0.963.